The number of para-hydroxylation sites is 2. The van der Waals surface area contributed by atoms with E-state index in [0.717, 1.165) is 27.5 Å². The van der Waals surface area contributed by atoms with Gasteiger partial charge in [0.2, 0.25) is 11.8 Å². The Labute approximate surface area is 319 Å². The van der Waals surface area contributed by atoms with Gasteiger partial charge in [0, 0.05) is 22.9 Å². The molecule has 2 heterocycles. The Bertz CT molecular complexity index is 2380. The number of anilines is 4. The Kier molecular flexibility index (Phi) is 8.18. The molecule has 4 amide bonds. The first-order chi connectivity index (χ1) is 26.7. The third-order valence-corrected chi connectivity index (χ3v) is 12.2. The van der Waals surface area contributed by atoms with E-state index in [2.05, 4.69) is 10.7 Å². The zero-order chi connectivity index (χ0) is 38.0. The highest BCUT2D eigenvalue weighted by molar-refractivity contribution is 6.22. The number of nitrogens with one attached hydrogen (secondary N) is 2. The third-order valence-electron chi connectivity index (χ3n) is 12.2. The number of nitrogens with zero attached hydrogens (tertiary/aromatic N) is 2. The van der Waals surface area contributed by atoms with E-state index >= 15 is 4.79 Å². The molecule has 9 rings (SSSR count). The lowest BCUT2D eigenvalue weighted by molar-refractivity contribution is -0.138. The average molecular weight is 729 g/mol. The SMILES string of the molecule is Cc1ccc(NN2C(=O)[C@@H]3C[C@@H]4C(=CC[C@@H]5C(=O)N(c6ccc(Nc7ccccc7)cc6)C(=O)[C@@H]54)[C@H](c4cccc(C)c4O)[C@]3(c3ccccc3)C2=O)cc1. The summed E-state index contributed by atoms with van der Waals surface area (Å²) in [4.78, 5) is 60.4. The molecule has 2 aliphatic heterocycles. The van der Waals surface area contributed by atoms with Gasteiger partial charge in [-0.05, 0) is 92.3 Å². The summed E-state index contributed by atoms with van der Waals surface area (Å²) in [6, 6.07) is 39.2. The largest absolute Gasteiger partial charge is 0.507 e. The standard InChI is InChI=1S/C46H40N4O5/c1-27-16-18-32(19-17-27)48-50-43(53)38-26-37-34(40(36-15-9-10-28(2)41(36)51)46(38,45(50)55)29-11-5-3-6-12-29)24-25-35-39(37)44(54)49(42(35)52)33-22-20-31(21-23-33)47-30-13-7-4-8-14-30/h3-24,35,37-40,47-48,51H,25-26H2,1-2H3/t35-,37+,38-,39-,40+,46+/m0/s1. The zero-order valence-electron chi connectivity index (χ0n) is 30.5. The second-order valence-corrected chi connectivity index (χ2v) is 15.2. The second-order valence-electron chi connectivity index (χ2n) is 15.2. The molecule has 1 saturated carbocycles. The Balaban J connectivity index is 1.15. The van der Waals surface area contributed by atoms with Gasteiger partial charge in [-0.3, -0.25) is 29.5 Å². The second kappa shape index (κ2) is 13.1. The summed E-state index contributed by atoms with van der Waals surface area (Å²) in [6.45, 7) is 3.77. The molecule has 5 aromatic carbocycles. The highest BCUT2D eigenvalue weighted by atomic mass is 16.3. The maximum absolute atomic E-state index is 15.3. The van der Waals surface area contributed by atoms with Crippen molar-refractivity contribution >= 4 is 46.4 Å². The summed E-state index contributed by atoms with van der Waals surface area (Å²) in [7, 11) is 0. The molecular formula is C46H40N4O5. The van der Waals surface area contributed by atoms with E-state index in [4.69, 9.17) is 0 Å². The smallest absolute Gasteiger partial charge is 0.260 e. The lowest BCUT2D eigenvalue weighted by Crippen LogP contribution is -2.53. The maximum Gasteiger partial charge on any atom is 0.260 e. The number of allylic oxidation sites excluding steroid dienone is 2. The molecule has 2 aliphatic carbocycles. The van der Waals surface area contributed by atoms with E-state index in [1.54, 1.807) is 12.1 Å². The van der Waals surface area contributed by atoms with Crippen molar-refractivity contribution in [1.82, 2.24) is 5.01 Å². The van der Waals surface area contributed by atoms with Gasteiger partial charge in [-0.15, -0.1) is 0 Å². The van der Waals surface area contributed by atoms with Gasteiger partial charge in [-0.1, -0.05) is 96.1 Å². The average Bonchev–Trinajstić information content (AvgIpc) is 3.58. The van der Waals surface area contributed by atoms with Crippen molar-refractivity contribution in [2.75, 3.05) is 15.6 Å². The third kappa shape index (κ3) is 5.28. The number of phenolic OH excluding ortho intramolecular Hbond substituents is 1. The molecule has 4 aliphatic rings. The highest BCUT2D eigenvalue weighted by Gasteiger charge is 2.70. The van der Waals surface area contributed by atoms with Crippen molar-refractivity contribution in [2.24, 2.45) is 23.7 Å². The molecule has 9 heteroatoms. The summed E-state index contributed by atoms with van der Waals surface area (Å²) in [5, 5.41) is 16.3. The van der Waals surface area contributed by atoms with E-state index in [0.29, 0.717) is 28.1 Å². The van der Waals surface area contributed by atoms with E-state index in [1.165, 1.54) is 4.90 Å². The first-order valence-electron chi connectivity index (χ1n) is 18.7. The number of phenols is 1. The molecule has 6 atom stereocenters. The van der Waals surface area contributed by atoms with Gasteiger partial charge in [-0.25, -0.2) is 0 Å². The predicted molar refractivity (Wildman–Crippen MR) is 210 cm³/mol. The minimum Gasteiger partial charge on any atom is -0.507 e. The Morgan fingerprint density at radius 1 is 0.673 bits per heavy atom. The number of fused-ring (bicyclic) bond motifs is 4. The number of benzene rings is 5. The van der Waals surface area contributed by atoms with Gasteiger partial charge in [-0.2, -0.15) is 5.01 Å². The number of hydrogen-bond acceptors (Lipinski definition) is 7. The molecule has 55 heavy (non-hydrogen) atoms. The van der Waals surface area contributed by atoms with Crippen LogP contribution in [0.2, 0.25) is 0 Å². The van der Waals surface area contributed by atoms with Crippen molar-refractivity contribution < 1.29 is 24.3 Å². The van der Waals surface area contributed by atoms with Crippen LogP contribution in [0.25, 0.3) is 0 Å². The number of carbonyl (C=O) groups is 4. The number of aryl methyl sites for hydroxylation is 2. The molecule has 0 spiro atoms. The predicted octanol–water partition coefficient (Wildman–Crippen LogP) is 7.94. The number of hydrogen-bond donors (Lipinski definition) is 3. The number of imide groups is 2. The van der Waals surface area contributed by atoms with Crippen molar-refractivity contribution in [3.05, 3.63) is 161 Å². The fourth-order valence-corrected chi connectivity index (χ4v) is 9.64. The summed E-state index contributed by atoms with van der Waals surface area (Å²) in [6.07, 6.45) is 2.47. The van der Waals surface area contributed by atoms with Gasteiger partial charge < -0.3 is 10.4 Å². The van der Waals surface area contributed by atoms with Gasteiger partial charge in [0.05, 0.1) is 34.5 Å². The number of hydrazine groups is 1. The molecule has 3 N–H and O–H groups in total. The van der Waals surface area contributed by atoms with Crippen LogP contribution in [0.4, 0.5) is 22.7 Å². The first-order valence-corrected chi connectivity index (χ1v) is 18.7. The Hall–Kier alpha value is -6.48. The molecule has 0 aromatic heterocycles. The molecule has 2 saturated heterocycles. The molecule has 3 fully saturated rings. The van der Waals surface area contributed by atoms with Crippen LogP contribution in [-0.2, 0) is 24.6 Å². The maximum atomic E-state index is 15.3. The van der Waals surface area contributed by atoms with Gasteiger partial charge in [0.25, 0.3) is 11.8 Å². The number of carbonyl (C=O) groups excluding carboxylic acids is 4. The normalized spacial score (nSPS) is 25.6. The van der Waals surface area contributed by atoms with E-state index < -0.39 is 46.8 Å². The summed E-state index contributed by atoms with van der Waals surface area (Å²) in [5.41, 5.74) is 8.08. The molecule has 0 bridgehead atoms. The number of aromatic hydroxyl groups is 1. The summed E-state index contributed by atoms with van der Waals surface area (Å²) in [5.74, 6) is -5.04. The highest BCUT2D eigenvalue weighted by Crippen LogP contribution is 2.65. The fraction of sp³-hybridized carbons (Fsp3) is 0.217. The Morgan fingerprint density at radius 3 is 2.04 bits per heavy atom. The summed E-state index contributed by atoms with van der Waals surface area (Å²) < 4.78 is 0. The van der Waals surface area contributed by atoms with Crippen LogP contribution in [0.3, 0.4) is 0 Å². The number of rotatable bonds is 7. The first kappa shape index (κ1) is 34.3. The van der Waals surface area contributed by atoms with Crippen LogP contribution in [0.5, 0.6) is 5.75 Å². The van der Waals surface area contributed by atoms with Crippen LogP contribution < -0.4 is 15.6 Å². The minimum absolute atomic E-state index is 0.0371. The van der Waals surface area contributed by atoms with E-state index in [9.17, 15) is 19.5 Å². The van der Waals surface area contributed by atoms with Crippen LogP contribution in [0, 0.1) is 37.5 Å². The zero-order valence-corrected chi connectivity index (χ0v) is 30.5. The van der Waals surface area contributed by atoms with Crippen molar-refractivity contribution in [2.45, 2.75) is 38.0 Å². The minimum atomic E-state index is -1.45. The molecule has 5 aromatic rings. The van der Waals surface area contributed by atoms with Crippen LogP contribution in [0.1, 0.15) is 41.0 Å². The molecule has 0 unspecified atom stereocenters. The van der Waals surface area contributed by atoms with E-state index in [-0.39, 0.29) is 30.4 Å². The lowest BCUT2D eigenvalue weighted by atomic mass is 9.49. The van der Waals surface area contributed by atoms with E-state index in [1.807, 2.05) is 135 Å². The molecular weight excluding hydrogens is 689 g/mol. The van der Waals surface area contributed by atoms with Crippen LogP contribution in [-0.4, -0.2) is 33.7 Å². The van der Waals surface area contributed by atoms with Crippen LogP contribution in [0.15, 0.2) is 139 Å². The quantitative estimate of drug-likeness (QED) is 0.115. The summed E-state index contributed by atoms with van der Waals surface area (Å²) >= 11 is 0. The molecule has 0 radical (unpaired) electrons. The fourth-order valence-electron chi connectivity index (χ4n) is 9.64. The molecule has 274 valence electrons. The van der Waals surface area contributed by atoms with Gasteiger partial charge >= 0.3 is 0 Å². The van der Waals surface area contributed by atoms with Crippen molar-refractivity contribution in [1.29, 1.82) is 0 Å². The topological polar surface area (TPSA) is 119 Å². The van der Waals surface area contributed by atoms with Crippen molar-refractivity contribution in [3.8, 4) is 5.75 Å². The Morgan fingerprint density at radius 2 is 1.33 bits per heavy atom. The number of amides is 4. The monoisotopic (exact) mass is 728 g/mol. The van der Waals surface area contributed by atoms with Crippen molar-refractivity contribution in [3.63, 3.8) is 0 Å². The van der Waals surface area contributed by atoms with Gasteiger partial charge in [0.1, 0.15) is 5.75 Å². The lowest BCUT2D eigenvalue weighted by Gasteiger charge is -2.50. The van der Waals surface area contributed by atoms with Gasteiger partial charge in [0.15, 0.2) is 0 Å². The molecule has 9 nitrogen and oxygen atoms in total. The van der Waals surface area contributed by atoms with Crippen LogP contribution >= 0.6 is 0 Å².